The molecule has 2 amide bonds. The molecule has 0 saturated carbocycles. The minimum Gasteiger partial charge on any atom is -0.280 e. The summed E-state index contributed by atoms with van der Waals surface area (Å²) in [5, 5.41) is 0. The molecule has 0 spiro atoms. The molecule has 0 aromatic heterocycles. The Morgan fingerprint density at radius 3 is 2.13 bits per heavy atom. The standard InChI is InChI=1S/C10H15BrClNO2/c1-9(2)4-7(14)13(8(15)5-9)6-10(3,11)12/h4-6H2,1-3H3. The lowest BCUT2D eigenvalue weighted by Gasteiger charge is -2.36. The molecular weight excluding hydrogens is 281 g/mol. The average molecular weight is 297 g/mol. The summed E-state index contributed by atoms with van der Waals surface area (Å²) in [5.41, 5.74) is -0.223. The van der Waals surface area contributed by atoms with Gasteiger partial charge in [0, 0.05) is 12.8 Å². The number of piperidine rings is 1. The Morgan fingerprint density at radius 2 is 1.80 bits per heavy atom. The van der Waals surface area contributed by atoms with Gasteiger partial charge in [-0.1, -0.05) is 29.8 Å². The summed E-state index contributed by atoms with van der Waals surface area (Å²) in [7, 11) is 0. The van der Waals surface area contributed by atoms with E-state index in [0.717, 1.165) is 0 Å². The predicted molar refractivity (Wildman–Crippen MR) is 62.9 cm³/mol. The molecule has 1 unspecified atom stereocenters. The Morgan fingerprint density at radius 1 is 1.40 bits per heavy atom. The number of alkyl halides is 2. The van der Waals surface area contributed by atoms with Crippen molar-refractivity contribution in [2.24, 2.45) is 5.41 Å². The molecule has 0 radical (unpaired) electrons. The second-order valence-electron chi connectivity index (χ2n) is 4.96. The van der Waals surface area contributed by atoms with Crippen LogP contribution < -0.4 is 0 Å². The summed E-state index contributed by atoms with van der Waals surface area (Å²) in [4.78, 5) is 24.7. The SMILES string of the molecule is CC(Cl)(Br)CN1C(=O)CC(C)(C)CC1=O. The van der Waals surface area contributed by atoms with E-state index in [1.807, 2.05) is 13.8 Å². The number of rotatable bonds is 2. The van der Waals surface area contributed by atoms with Crippen molar-refractivity contribution in [1.82, 2.24) is 4.90 Å². The van der Waals surface area contributed by atoms with Crippen molar-refractivity contribution in [3.8, 4) is 0 Å². The van der Waals surface area contributed by atoms with Crippen molar-refractivity contribution in [3.63, 3.8) is 0 Å². The van der Waals surface area contributed by atoms with Gasteiger partial charge in [-0.05, 0) is 12.3 Å². The van der Waals surface area contributed by atoms with E-state index in [2.05, 4.69) is 15.9 Å². The second-order valence-corrected chi connectivity index (χ2v) is 8.00. The minimum absolute atomic E-state index is 0.137. The zero-order chi connectivity index (χ0) is 11.9. The van der Waals surface area contributed by atoms with Crippen molar-refractivity contribution < 1.29 is 9.59 Å². The van der Waals surface area contributed by atoms with Crippen LogP contribution in [0.5, 0.6) is 0 Å². The number of carbonyl (C=O) groups excluding carboxylic acids is 2. The molecule has 1 heterocycles. The number of carbonyl (C=O) groups is 2. The van der Waals surface area contributed by atoms with E-state index in [4.69, 9.17) is 11.6 Å². The molecule has 5 heteroatoms. The highest BCUT2D eigenvalue weighted by atomic mass is 79.9. The lowest BCUT2D eigenvalue weighted by Crippen LogP contribution is -2.49. The normalized spacial score (nSPS) is 25.3. The van der Waals surface area contributed by atoms with Gasteiger partial charge in [-0.15, -0.1) is 11.6 Å². The Balaban J connectivity index is 2.76. The van der Waals surface area contributed by atoms with Crippen LogP contribution in [0.4, 0.5) is 0 Å². The van der Waals surface area contributed by atoms with Crippen LogP contribution in [0.25, 0.3) is 0 Å². The summed E-state index contributed by atoms with van der Waals surface area (Å²) in [5.74, 6) is -0.273. The third-order valence-corrected chi connectivity index (χ3v) is 2.67. The monoisotopic (exact) mass is 295 g/mol. The average Bonchev–Trinajstić information content (AvgIpc) is 1.93. The molecule has 0 aromatic carbocycles. The molecule has 1 saturated heterocycles. The van der Waals surface area contributed by atoms with Gasteiger partial charge in [0.05, 0.1) is 6.54 Å². The Bertz CT molecular complexity index is 276. The smallest absolute Gasteiger partial charge is 0.229 e. The molecule has 3 nitrogen and oxygen atoms in total. The number of amides is 2. The van der Waals surface area contributed by atoms with Gasteiger partial charge in [-0.25, -0.2) is 0 Å². The van der Waals surface area contributed by atoms with Gasteiger partial charge in [-0.3, -0.25) is 14.5 Å². The molecule has 1 rings (SSSR count). The fourth-order valence-corrected chi connectivity index (χ4v) is 2.04. The quantitative estimate of drug-likeness (QED) is 0.580. The van der Waals surface area contributed by atoms with Gasteiger partial charge in [0.25, 0.3) is 0 Å². The first kappa shape index (κ1) is 13.0. The Kier molecular flexibility index (Phi) is 3.51. The van der Waals surface area contributed by atoms with Crippen molar-refractivity contribution >= 4 is 39.3 Å². The van der Waals surface area contributed by atoms with E-state index >= 15 is 0 Å². The minimum atomic E-state index is -0.736. The largest absolute Gasteiger partial charge is 0.280 e. The van der Waals surface area contributed by atoms with Crippen LogP contribution in [0.15, 0.2) is 0 Å². The van der Waals surface area contributed by atoms with Crippen LogP contribution in [0.3, 0.4) is 0 Å². The lowest BCUT2D eigenvalue weighted by atomic mass is 9.82. The number of nitrogens with zero attached hydrogens (tertiary/aromatic N) is 1. The number of imide groups is 1. The maximum absolute atomic E-state index is 11.7. The third kappa shape index (κ3) is 3.76. The summed E-state index contributed by atoms with van der Waals surface area (Å²) in [6.07, 6.45) is 0.803. The van der Waals surface area contributed by atoms with E-state index in [0.29, 0.717) is 12.8 Å². The molecular formula is C10H15BrClNO2. The van der Waals surface area contributed by atoms with E-state index < -0.39 is 3.78 Å². The molecule has 86 valence electrons. The van der Waals surface area contributed by atoms with E-state index in [9.17, 15) is 9.59 Å². The van der Waals surface area contributed by atoms with Crippen molar-refractivity contribution in [1.29, 1.82) is 0 Å². The predicted octanol–water partition coefficient (Wildman–Crippen LogP) is 2.51. The van der Waals surface area contributed by atoms with E-state index in [1.54, 1.807) is 6.92 Å². The molecule has 0 aliphatic carbocycles. The van der Waals surface area contributed by atoms with Gasteiger partial charge in [0.15, 0.2) is 0 Å². The zero-order valence-electron chi connectivity index (χ0n) is 9.14. The van der Waals surface area contributed by atoms with Crippen LogP contribution in [0.1, 0.15) is 33.6 Å². The van der Waals surface area contributed by atoms with E-state index in [1.165, 1.54) is 4.90 Å². The number of likely N-dealkylation sites (tertiary alicyclic amines) is 1. The first-order valence-corrected chi connectivity index (χ1v) is 5.99. The Labute approximate surface area is 103 Å². The van der Waals surface area contributed by atoms with Crippen LogP contribution in [-0.2, 0) is 9.59 Å². The highest BCUT2D eigenvalue weighted by Gasteiger charge is 2.39. The maximum Gasteiger partial charge on any atom is 0.229 e. The topological polar surface area (TPSA) is 37.4 Å². The lowest BCUT2D eigenvalue weighted by molar-refractivity contribution is -0.152. The fraction of sp³-hybridized carbons (Fsp3) is 0.800. The summed E-state index contributed by atoms with van der Waals surface area (Å²) < 4.78 is -0.736. The Hall–Kier alpha value is -0.0900. The number of hydrogen-bond donors (Lipinski definition) is 0. The van der Waals surface area contributed by atoms with Gasteiger partial charge in [0.1, 0.15) is 3.78 Å². The van der Waals surface area contributed by atoms with Crippen molar-refractivity contribution in [2.75, 3.05) is 6.54 Å². The third-order valence-electron chi connectivity index (χ3n) is 2.30. The van der Waals surface area contributed by atoms with Crippen LogP contribution in [0, 0.1) is 5.41 Å². The first-order valence-electron chi connectivity index (χ1n) is 4.82. The summed E-state index contributed by atoms with van der Waals surface area (Å²) in [6, 6.07) is 0. The van der Waals surface area contributed by atoms with Gasteiger partial charge in [-0.2, -0.15) is 0 Å². The molecule has 0 aromatic rings. The molecule has 0 N–H and O–H groups in total. The molecule has 1 aliphatic rings. The number of halogens is 2. The maximum atomic E-state index is 11.7. The fourth-order valence-electron chi connectivity index (χ4n) is 1.67. The molecule has 1 aliphatic heterocycles. The highest BCUT2D eigenvalue weighted by molar-refractivity contribution is 9.10. The first-order chi connectivity index (χ1) is 6.61. The molecule has 0 bridgehead atoms. The van der Waals surface area contributed by atoms with Crippen LogP contribution >= 0.6 is 27.5 Å². The summed E-state index contributed by atoms with van der Waals surface area (Å²) in [6.45, 7) is 5.78. The summed E-state index contributed by atoms with van der Waals surface area (Å²) >= 11 is 9.16. The van der Waals surface area contributed by atoms with Crippen LogP contribution in [-0.4, -0.2) is 27.0 Å². The van der Waals surface area contributed by atoms with Gasteiger partial charge >= 0.3 is 0 Å². The van der Waals surface area contributed by atoms with Crippen molar-refractivity contribution in [2.45, 2.75) is 37.4 Å². The number of hydrogen-bond acceptors (Lipinski definition) is 2. The van der Waals surface area contributed by atoms with E-state index in [-0.39, 0.29) is 23.8 Å². The molecule has 1 fully saturated rings. The van der Waals surface area contributed by atoms with Gasteiger partial charge in [0.2, 0.25) is 11.8 Å². The van der Waals surface area contributed by atoms with Crippen LogP contribution in [0.2, 0.25) is 0 Å². The second kappa shape index (κ2) is 4.06. The molecule has 1 atom stereocenters. The van der Waals surface area contributed by atoms with Gasteiger partial charge < -0.3 is 0 Å². The highest BCUT2D eigenvalue weighted by Crippen LogP contribution is 2.33. The van der Waals surface area contributed by atoms with Crippen molar-refractivity contribution in [3.05, 3.63) is 0 Å². The zero-order valence-corrected chi connectivity index (χ0v) is 11.5. The molecule has 15 heavy (non-hydrogen) atoms.